The number of fused-ring (bicyclic) bond motifs is 2. The third-order valence-corrected chi connectivity index (χ3v) is 6.53. The van der Waals surface area contributed by atoms with E-state index in [1.165, 1.54) is 7.11 Å². The predicted octanol–water partition coefficient (Wildman–Crippen LogP) is 5.90. The van der Waals surface area contributed by atoms with E-state index in [4.69, 9.17) is 21.6 Å². The number of rotatable bonds is 7. The van der Waals surface area contributed by atoms with Crippen LogP contribution < -0.4 is 9.80 Å². The third kappa shape index (κ3) is 4.41. The second kappa shape index (κ2) is 9.69. The molecule has 0 saturated heterocycles. The van der Waals surface area contributed by atoms with Crippen molar-refractivity contribution in [2.75, 3.05) is 23.6 Å². The molecule has 0 bridgehead atoms. The molecule has 0 spiro atoms. The second-order valence-corrected chi connectivity index (χ2v) is 8.86. The number of aryl methyl sites for hydroxylation is 1. The van der Waals surface area contributed by atoms with Crippen molar-refractivity contribution in [3.05, 3.63) is 83.3 Å². The van der Waals surface area contributed by atoms with Crippen LogP contribution in [0, 0.1) is 11.3 Å². The van der Waals surface area contributed by atoms with E-state index in [0.717, 1.165) is 46.6 Å². The molecule has 2 aromatic carbocycles. The summed E-state index contributed by atoms with van der Waals surface area (Å²) < 4.78 is 7.11. The van der Waals surface area contributed by atoms with Crippen LogP contribution in [0.1, 0.15) is 28.9 Å². The Labute approximate surface area is 208 Å². The number of carbonyl (C=O) groups is 1. The number of hydrogen-bond donors (Lipinski definition) is 0. The van der Waals surface area contributed by atoms with Crippen molar-refractivity contribution < 1.29 is 9.53 Å². The van der Waals surface area contributed by atoms with Crippen molar-refractivity contribution in [2.45, 2.75) is 25.9 Å². The number of esters is 1. The van der Waals surface area contributed by atoms with Gasteiger partial charge < -0.3 is 19.1 Å². The molecular formula is C27H24ClN5O2. The zero-order valence-corrected chi connectivity index (χ0v) is 20.1. The fraction of sp³-hybridized carbons (Fsp3) is 0.222. The van der Waals surface area contributed by atoms with Gasteiger partial charge in [0.15, 0.2) is 0 Å². The SMILES string of the molecule is COC(=O)c1ccc(N2CN(Cc3cc4cc(Cl)ccc4n3CCCC#N)c3cnccc32)cc1. The molecule has 2 aromatic heterocycles. The van der Waals surface area contributed by atoms with E-state index in [9.17, 15) is 4.79 Å². The lowest BCUT2D eigenvalue weighted by Crippen LogP contribution is -2.28. The fourth-order valence-corrected chi connectivity index (χ4v) is 4.81. The maximum Gasteiger partial charge on any atom is 0.337 e. The maximum atomic E-state index is 11.8. The minimum atomic E-state index is -0.353. The highest BCUT2D eigenvalue weighted by Crippen LogP contribution is 2.41. The molecule has 176 valence electrons. The molecule has 0 atom stereocenters. The maximum absolute atomic E-state index is 11.8. The van der Waals surface area contributed by atoms with E-state index in [0.29, 0.717) is 30.2 Å². The van der Waals surface area contributed by atoms with E-state index >= 15 is 0 Å². The molecule has 1 aliphatic rings. The normalized spacial score (nSPS) is 12.6. The van der Waals surface area contributed by atoms with E-state index in [2.05, 4.69) is 31.5 Å². The van der Waals surface area contributed by atoms with Gasteiger partial charge in [0.25, 0.3) is 0 Å². The molecule has 4 aromatic rings. The molecule has 8 heteroatoms. The third-order valence-electron chi connectivity index (χ3n) is 6.29. The number of nitriles is 1. The average molecular weight is 486 g/mol. The summed E-state index contributed by atoms with van der Waals surface area (Å²) in [6.45, 7) is 2.08. The minimum absolute atomic E-state index is 0.353. The van der Waals surface area contributed by atoms with Crippen molar-refractivity contribution in [3.63, 3.8) is 0 Å². The largest absolute Gasteiger partial charge is 0.465 e. The highest BCUT2D eigenvalue weighted by atomic mass is 35.5. The number of pyridine rings is 1. The Hall–Kier alpha value is -4.02. The zero-order valence-electron chi connectivity index (χ0n) is 19.3. The van der Waals surface area contributed by atoms with Gasteiger partial charge in [0, 0.05) is 46.5 Å². The molecule has 0 saturated carbocycles. The average Bonchev–Trinajstić information content (AvgIpc) is 3.41. The number of nitrogens with zero attached hydrogens (tertiary/aromatic N) is 5. The summed E-state index contributed by atoms with van der Waals surface area (Å²) in [6, 6.07) is 19.8. The number of benzene rings is 2. The second-order valence-electron chi connectivity index (χ2n) is 8.42. The molecule has 7 nitrogen and oxygen atoms in total. The molecule has 35 heavy (non-hydrogen) atoms. The summed E-state index contributed by atoms with van der Waals surface area (Å²) in [5.74, 6) is -0.353. The number of ether oxygens (including phenoxy) is 1. The summed E-state index contributed by atoms with van der Waals surface area (Å²) in [5.41, 5.74) is 5.86. The van der Waals surface area contributed by atoms with Gasteiger partial charge in [0.2, 0.25) is 0 Å². The van der Waals surface area contributed by atoms with Crippen LogP contribution in [-0.2, 0) is 17.8 Å². The highest BCUT2D eigenvalue weighted by molar-refractivity contribution is 6.31. The molecule has 3 heterocycles. The van der Waals surface area contributed by atoms with Gasteiger partial charge in [0.1, 0.15) is 0 Å². The number of aromatic nitrogens is 2. The van der Waals surface area contributed by atoms with Crippen molar-refractivity contribution in [2.24, 2.45) is 0 Å². The molecule has 0 unspecified atom stereocenters. The first kappa shape index (κ1) is 22.8. The topological polar surface area (TPSA) is 74.4 Å². The molecule has 0 N–H and O–H groups in total. The number of carbonyl (C=O) groups excluding carboxylic acids is 1. The number of hydrogen-bond acceptors (Lipinski definition) is 6. The fourth-order valence-electron chi connectivity index (χ4n) is 4.63. The Kier molecular flexibility index (Phi) is 6.30. The minimum Gasteiger partial charge on any atom is -0.465 e. The smallest absolute Gasteiger partial charge is 0.337 e. The van der Waals surface area contributed by atoms with E-state index < -0.39 is 0 Å². The van der Waals surface area contributed by atoms with Crippen LogP contribution in [0.4, 0.5) is 17.1 Å². The van der Waals surface area contributed by atoms with Gasteiger partial charge in [-0.1, -0.05) is 11.6 Å². The molecule has 1 aliphatic heterocycles. The number of methoxy groups -OCH3 is 1. The van der Waals surface area contributed by atoms with Gasteiger partial charge >= 0.3 is 5.97 Å². The Morgan fingerprint density at radius 3 is 2.74 bits per heavy atom. The van der Waals surface area contributed by atoms with Crippen LogP contribution in [-0.4, -0.2) is 29.3 Å². The lowest BCUT2D eigenvalue weighted by molar-refractivity contribution is 0.0600. The summed E-state index contributed by atoms with van der Waals surface area (Å²) in [7, 11) is 1.38. The lowest BCUT2D eigenvalue weighted by Gasteiger charge is -2.23. The van der Waals surface area contributed by atoms with Crippen LogP contribution in [0.2, 0.25) is 5.02 Å². The zero-order chi connectivity index (χ0) is 24.4. The monoisotopic (exact) mass is 485 g/mol. The molecule has 0 radical (unpaired) electrons. The molecule has 5 rings (SSSR count). The van der Waals surface area contributed by atoms with Crippen molar-refractivity contribution in [1.29, 1.82) is 5.26 Å². The number of unbranched alkanes of at least 4 members (excludes halogenated alkanes) is 1. The molecule has 0 amide bonds. The predicted molar refractivity (Wildman–Crippen MR) is 137 cm³/mol. The number of anilines is 3. The van der Waals surface area contributed by atoms with Gasteiger partial charge in [0.05, 0.1) is 49.5 Å². The van der Waals surface area contributed by atoms with Gasteiger partial charge in [-0.15, -0.1) is 0 Å². The van der Waals surface area contributed by atoms with Crippen LogP contribution in [0.3, 0.4) is 0 Å². The highest BCUT2D eigenvalue weighted by Gasteiger charge is 2.28. The van der Waals surface area contributed by atoms with Crippen molar-refractivity contribution >= 4 is 45.5 Å². The summed E-state index contributed by atoms with van der Waals surface area (Å²) in [4.78, 5) is 20.7. The van der Waals surface area contributed by atoms with Gasteiger partial charge in [-0.2, -0.15) is 5.26 Å². The van der Waals surface area contributed by atoms with Gasteiger partial charge in [-0.3, -0.25) is 4.98 Å². The van der Waals surface area contributed by atoms with Crippen molar-refractivity contribution in [3.8, 4) is 6.07 Å². The van der Waals surface area contributed by atoms with E-state index in [-0.39, 0.29) is 5.97 Å². The van der Waals surface area contributed by atoms with Crippen LogP contribution in [0.15, 0.2) is 67.0 Å². The molecular weight excluding hydrogens is 462 g/mol. The van der Waals surface area contributed by atoms with E-state index in [1.807, 2.05) is 42.6 Å². The Morgan fingerprint density at radius 2 is 1.97 bits per heavy atom. The Morgan fingerprint density at radius 1 is 1.14 bits per heavy atom. The quantitative estimate of drug-likeness (QED) is 0.240. The standard InChI is InChI=1S/C27H24ClN5O2/c1-35-27(34)19-4-7-22(8-5-19)33-18-31(26-16-30-12-10-25(26)33)17-23-15-20-14-21(28)6-9-24(20)32(23)13-3-2-11-29/h4-10,12,14-16H,2-3,13,17-18H2,1H3. The molecule has 0 fully saturated rings. The van der Waals surface area contributed by atoms with Crippen molar-refractivity contribution in [1.82, 2.24) is 9.55 Å². The summed E-state index contributed by atoms with van der Waals surface area (Å²) >= 11 is 6.26. The van der Waals surface area contributed by atoms with Gasteiger partial charge in [-0.05, 0) is 61.0 Å². The van der Waals surface area contributed by atoms with Crippen LogP contribution in [0.5, 0.6) is 0 Å². The Balaban J connectivity index is 1.47. The summed E-state index contributed by atoms with van der Waals surface area (Å²) in [5, 5.41) is 10.8. The van der Waals surface area contributed by atoms with Crippen LogP contribution in [0.25, 0.3) is 10.9 Å². The number of halogens is 1. The molecule has 0 aliphatic carbocycles. The first-order chi connectivity index (χ1) is 17.1. The van der Waals surface area contributed by atoms with Gasteiger partial charge in [-0.25, -0.2) is 4.79 Å². The first-order valence-corrected chi connectivity index (χ1v) is 11.8. The first-order valence-electron chi connectivity index (χ1n) is 11.4. The Bertz CT molecular complexity index is 1420. The van der Waals surface area contributed by atoms with Crippen LogP contribution >= 0.6 is 11.6 Å². The van der Waals surface area contributed by atoms with E-state index in [1.54, 1.807) is 18.3 Å². The summed E-state index contributed by atoms with van der Waals surface area (Å²) in [6.07, 6.45) is 4.97. The lowest BCUT2D eigenvalue weighted by atomic mass is 10.2.